The normalized spacial score (nSPS) is 11.7. The Kier molecular flexibility index (Phi) is 3.39. The fraction of sp³-hybridized carbons (Fsp3) is 0.0667. The van der Waals surface area contributed by atoms with E-state index in [9.17, 15) is 8.42 Å². The average molecular weight is 319 g/mol. The zero-order valence-electron chi connectivity index (χ0n) is 11.1. The molecule has 1 aromatic carbocycles. The quantitative estimate of drug-likeness (QED) is 0.727. The molecule has 0 saturated carbocycles. The minimum Gasteiger partial charge on any atom is -0.255 e. The summed E-state index contributed by atoms with van der Waals surface area (Å²) < 4.78 is 23.3. The van der Waals surface area contributed by atoms with Crippen LogP contribution in [0.3, 0.4) is 0 Å². The molecule has 0 aliphatic heterocycles. The van der Waals surface area contributed by atoms with Crippen molar-refractivity contribution in [3.05, 3.63) is 53.7 Å². The number of halogens is 1. The predicted molar refractivity (Wildman–Crippen MR) is 83.1 cm³/mol. The van der Waals surface area contributed by atoms with Gasteiger partial charge >= 0.3 is 0 Å². The van der Waals surface area contributed by atoms with Gasteiger partial charge in [0, 0.05) is 18.0 Å². The fourth-order valence-corrected chi connectivity index (χ4v) is 2.90. The third-order valence-corrected chi connectivity index (χ3v) is 4.51. The van der Waals surface area contributed by atoms with Crippen LogP contribution in [-0.4, -0.2) is 24.6 Å². The molecule has 4 nitrogen and oxygen atoms in total. The number of aromatic nitrogens is 2. The molecule has 21 heavy (non-hydrogen) atoms. The van der Waals surface area contributed by atoms with Gasteiger partial charge in [0.25, 0.3) is 0 Å². The van der Waals surface area contributed by atoms with Gasteiger partial charge in [-0.05, 0) is 30.3 Å². The lowest BCUT2D eigenvalue weighted by molar-refractivity contribution is 0.602. The van der Waals surface area contributed by atoms with E-state index in [1.165, 1.54) is 6.26 Å². The first-order chi connectivity index (χ1) is 9.95. The summed E-state index contributed by atoms with van der Waals surface area (Å²) in [6, 6.07) is 12.0. The molecule has 0 aliphatic rings. The molecule has 0 atom stereocenters. The van der Waals surface area contributed by atoms with Crippen LogP contribution in [0, 0.1) is 0 Å². The average Bonchev–Trinajstić information content (AvgIpc) is 2.47. The molecule has 6 heteroatoms. The molecule has 0 unspecified atom stereocenters. The molecule has 0 fully saturated rings. The molecule has 0 bridgehead atoms. The van der Waals surface area contributed by atoms with Crippen LogP contribution in [0.4, 0.5) is 0 Å². The maximum absolute atomic E-state index is 11.6. The number of hydrogen-bond acceptors (Lipinski definition) is 4. The van der Waals surface area contributed by atoms with Gasteiger partial charge in [0.1, 0.15) is 5.52 Å². The maximum atomic E-state index is 11.6. The van der Waals surface area contributed by atoms with Crippen molar-refractivity contribution < 1.29 is 8.42 Å². The van der Waals surface area contributed by atoms with E-state index in [2.05, 4.69) is 9.97 Å². The number of pyridine rings is 2. The van der Waals surface area contributed by atoms with Gasteiger partial charge in [0.2, 0.25) is 0 Å². The van der Waals surface area contributed by atoms with Gasteiger partial charge in [-0.1, -0.05) is 23.7 Å². The number of rotatable bonds is 2. The van der Waals surface area contributed by atoms with Gasteiger partial charge in [-0.15, -0.1) is 0 Å². The Hall–Kier alpha value is -1.98. The molecule has 2 heterocycles. The van der Waals surface area contributed by atoms with E-state index in [1.54, 1.807) is 36.5 Å². The number of hydrogen-bond donors (Lipinski definition) is 0. The second-order valence-electron chi connectivity index (χ2n) is 4.66. The molecule has 0 radical (unpaired) electrons. The molecule has 106 valence electrons. The Morgan fingerprint density at radius 1 is 1.10 bits per heavy atom. The van der Waals surface area contributed by atoms with Crippen LogP contribution < -0.4 is 0 Å². The molecular weight excluding hydrogens is 308 g/mol. The molecule has 2 aromatic heterocycles. The van der Waals surface area contributed by atoms with E-state index in [4.69, 9.17) is 11.6 Å². The molecule has 0 spiro atoms. The minimum atomic E-state index is -3.25. The fourth-order valence-electron chi connectivity index (χ4n) is 2.04. The van der Waals surface area contributed by atoms with Crippen LogP contribution in [-0.2, 0) is 9.84 Å². The van der Waals surface area contributed by atoms with Crippen LogP contribution in [0.1, 0.15) is 0 Å². The molecule has 0 saturated heterocycles. The third-order valence-electron chi connectivity index (χ3n) is 3.09. The summed E-state index contributed by atoms with van der Waals surface area (Å²) in [4.78, 5) is 8.93. The van der Waals surface area contributed by atoms with Crippen molar-refractivity contribution in [2.75, 3.05) is 6.26 Å². The van der Waals surface area contributed by atoms with Gasteiger partial charge in [-0.2, -0.15) is 0 Å². The Balaban J connectivity index is 2.19. The molecule has 3 aromatic rings. The van der Waals surface area contributed by atoms with Crippen LogP contribution in [0.25, 0.3) is 22.3 Å². The molecule has 0 N–H and O–H groups in total. The van der Waals surface area contributed by atoms with Crippen LogP contribution >= 0.6 is 11.6 Å². The second kappa shape index (κ2) is 5.09. The van der Waals surface area contributed by atoms with E-state index in [0.29, 0.717) is 21.7 Å². The predicted octanol–water partition coefficient (Wildman–Crippen LogP) is 3.35. The monoisotopic (exact) mass is 318 g/mol. The summed E-state index contributed by atoms with van der Waals surface area (Å²) in [5.41, 5.74) is 2.68. The number of nitrogens with zero attached hydrogens (tertiary/aromatic N) is 2. The van der Waals surface area contributed by atoms with Gasteiger partial charge < -0.3 is 0 Å². The molecule has 3 rings (SSSR count). The number of fused-ring (bicyclic) bond motifs is 1. The zero-order chi connectivity index (χ0) is 15.0. The van der Waals surface area contributed by atoms with Crippen molar-refractivity contribution >= 4 is 32.5 Å². The van der Waals surface area contributed by atoms with E-state index in [1.807, 2.05) is 12.1 Å². The lowest BCUT2D eigenvalue weighted by Crippen LogP contribution is -1.97. The highest BCUT2D eigenvalue weighted by atomic mass is 35.5. The van der Waals surface area contributed by atoms with Crippen molar-refractivity contribution in [3.8, 4) is 11.3 Å². The summed E-state index contributed by atoms with van der Waals surface area (Å²) in [6.45, 7) is 0. The zero-order valence-corrected chi connectivity index (χ0v) is 12.7. The highest BCUT2D eigenvalue weighted by molar-refractivity contribution is 7.90. The Morgan fingerprint density at radius 3 is 2.67 bits per heavy atom. The van der Waals surface area contributed by atoms with E-state index >= 15 is 0 Å². The summed E-state index contributed by atoms with van der Waals surface area (Å²) in [7, 11) is -3.25. The Morgan fingerprint density at radius 2 is 1.90 bits per heavy atom. The smallest absolute Gasteiger partial charge is 0.175 e. The summed E-state index contributed by atoms with van der Waals surface area (Å²) in [5.74, 6) is 0. The van der Waals surface area contributed by atoms with Crippen LogP contribution in [0.15, 0.2) is 53.6 Å². The third kappa shape index (κ3) is 2.75. The molecular formula is C15H11ClN2O2S. The molecule has 0 aliphatic carbocycles. The summed E-state index contributed by atoms with van der Waals surface area (Å²) in [5, 5.41) is 0.515. The first-order valence-electron chi connectivity index (χ1n) is 6.17. The van der Waals surface area contributed by atoms with Crippen molar-refractivity contribution in [2.45, 2.75) is 4.90 Å². The standard InChI is InChI=1S/C15H11ClN2O2S/c1-21(19,20)11-4-2-3-10(9-11)13-5-6-14-15(18-13)12(16)7-8-17-14/h2-9H,1H3. The van der Waals surface area contributed by atoms with E-state index in [-0.39, 0.29) is 4.90 Å². The van der Waals surface area contributed by atoms with Crippen LogP contribution in [0.5, 0.6) is 0 Å². The maximum Gasteiger partial charge on any atom is 0.175 e. The Labute approximate surface area is 127 Å². The summed E-state index contributed by atoms with van der Waals surface area (Å²) >= 11 is 6.12. The van der Waals surface area contributed by atoms with Gasteiger partial charge in [-0.25, -0.2) is 13.4 Å². The van der Waals surface area contributed by atoms with Crippen molar-refractivity contribution in [1.82, 2.24) is 9.97 Å². The first kappa shape index (κ1) is 14.0. The highest BCUT2D eigenvalue weighted by Crippen LogP contribution is 2.25. The van der Waals surface area contributed by atoms with E-state index < -0.39 is 9.84 Å². The van der Waals surface area contributed by atoms with Crippen molar-refractivity contribution in [2.24, 2.45) is 0 Å². The summed E-state index contributed by atoms with van der Waals surface area (Å²) in [6.07, 6.45) is 2.80. The topological polar surface area (TPSA) is 59.9 Å². The largest absolute Gasteiger partial charge is 0.255 e. The first-order valence-corrected chi connectivity index (χ1v) is 8.44. The minimum absolute atomic E-state index is 0.263. The number of benzene rings is 1. The molecule has 0 amide bonds. The second-order valence-corrected chi connectivity index (χ2v) is 7.08. The van der Waals surface area contributed by atoms with Gasteiger partial charge in [-0.3, -0.25) is 4.98 Å². The van der Waals surface area contributed by atoms with Crippen LogP contribution in [0.2, 0.25) is 5.02 Å². The lowest BCUT2D eigenvalue weighted by atomic mass is 10.1. The van der Waals surface area contributed by atoms with E-state index in [0.717, 1.165) is 5.56 Å². The highest BCUT2D eigenvalue weighted by Gasteiger charge is 2.10. The van der Waals surface area contributed by atoms with Crippen molar-refractivity contribution in [1.29, 1.82) is 0 Å². The SMILES string of the molecule is CS(=O)(=O)c1cccc(-c2ccc3nccc(Cl)c3n2)c1. The van der Waals surface area contributed by atoms with Gasteiger partial charge in [0.05, 0.1) is 21.1 Å². The lowest BCUT2D eigenvalue weighted by Gasteiger charge is -2.05. The van der Waals surface area contributed by atoms with Gasteiger partial charge in [0.15, 0.2) is 9.84 Å². The number of sulfone groups is 1. The van der Waals surface area contributed by atoms with Crippen molar-refractivity contribution in [3.63, 3.8) is 0 Å². The Bertz CT molecular complexity index is 939.